The van der Waals surface area contributed by atoms with Crippen LogP contribution in [0.25, 0.3) is 0 Å². The van der Waals surface area contributed by atoms with Crippen molar-refractivity contribution < 1.29 is 9.53 Å². The minimum Gasteiger partial charge on any atom is -0.444 e. The van der Waals surface area contributed by atoms with Gasteiger partial charge in [0.05, 0.1) is 5.54 Å². The lowest BCUT2D eigenvalue weighted by Gasteiger charge is -2.48. The van der Waals surface area contributed by atoms with Gasteiger partial charge in [0.25, 0.3) is 0 Å². The van der Waals surface area contributed by atoms with Crippen molar-refractivity contribution in [1.82, 2.24) is 4.90 Å². The number of benzene rings is 1. The number of amides is 1. The number of piperazine rings is 1. The van der Waals surface area contributed by atoms with E-state index in [4.69, 9.17) is 27.5 Å². The number of anilines is 2. The van der Waals surface area contributed by atoms with Gasteiger partial charge in [0.15, 0.2) is 0 Å². The number of hydrogen-bond acceptors (Lipinski definition) is 5. The molecule has 1 amide bonds. The first-order chi connectivity index (χ1) is 11.4. The molecule has 0 saturated carbocycles. The molecule has 7 heteroatoms. The molecule has 1 fully saturated rings. The van der Waals surface area contributed by atoms with Crippen LogP contribution < -0.4 is 10.6 Å². The van der Waals surface area contributed by atoms with Gasteiger partial charge in [0, 0.05) is 47.8 Å². The van der Waals surface area contributed by atoms with Crippen LogP contribution in [0.1, 0.15) is 40.2 Å². The molecule has 3 N–H and O–H groups in total. The Morgan fingerprint density at radius 1 is 1.36 bits per heavy atom. The number of nitrogens with one attached hydrogen (secondary N) is 1. The zero-order valence-electron chi connectivity index (χ0n) is 15.5. The molecule has 138 valence electrons. The Hall–Kier alpha value is -1.95. The van der Waals surface area contributed by atoms with E-state index in [0.717, 1.165) is 5.69 Å². The monoisotopic (exact) mass is 366 g/mol. The first kappa shape index (κ1) is 19.4. The van der Waals surface area contributed by atoms with E-state index in [9.17, 15) is 4.79 Å². The van der Waals surface area contributed by atoms with E-state index < -0.39 is 11.1 Å². The summed E-state index contributed by atoms with van der Waals surface area (Å²) < 4.78 is 5.53. The van der Waals surface area contributed by atoms with Crippen molar-refractivity contribution in [2.24, 2.45) is 0 Å². The summed E-state index contributed by atoms with van der Waals surface area (Å²) in [5.74, 6) is 0. The molecule has 0 bridgehead atoms. The average Bonchev–Trinajstić information content (AvgIpc) is 2.43. The number of nitrogens with zero attached hydrogens (tertiary/aromatic N) is 2. The molecule has 6 nitrogen and oxygen atoms in total. The maximum Gasteiger partial charge on any atom is 0.410 e. The van der Waals surface area contributed by atoms with Gasteiger partial charge in [-0.25, -0.2) is 4.79 Å². The van der Waals surface area contributed by atoms with Crippen molar-refractivity contribution in [2.75, 3.05) is 30.3 Å². The second kappa shape index (κ2) is 6.75. The molecule has 1 aromatic carbocycles. The lowest BCUT2D eigenvalue weighted by atomic mass is 9.98. The van der Waals surface area contributed by atoms with E-state index in [2.05, 4.69) is 4.90 Å². The summed E-state index contributed by atoms with van der Waals surface area (Å²) >= 11 is 6.15. The first-order valence-electron chi connectivity index (χ1n) is 8.30. The normalized spacial score (nSPS) is 17.4. The Bertz CT molecular complexity index is 682. The van der Waals surface area contributed by atoms with Crippen LogP contribution in [0.15, 0.2) is 12.1 Å². The van der Waals surface area contributed by atoms with E-state index in [0.29, 0.717) is 35.9 Å². The Morgan fingerprint density at radius 3 is 2.52 bits per heavy atom. The summed E-state index contributed by atoms with van der Waals surface area (Å²) in [7, 11) is 0. The summed E-state index contributed by atoms with van der Waals surface area (Å²) in [6.45, 7) is 11.3. The van der Waals surface area contributed by atoms with Crippen molar-refractivity contribution in [1.29, 1.82) is 5.41 Å². The van der Waals surface area contributed by atoms with Gasteiger partial charge < -0.3 is 20.8 Å². The third-order valence-corrected chi connectivity index (χ3v) is 4.37. The van der Waals surface area contributed by atoms with Crippen LogP contribution in [0.3, 0.4) is 0 Å². The molecule has 1 aliphatic rings. The molecule has 1 heterocycles. The molecule has 0 spiro atoms. The zero-order valence-corrected chi connectivity index (χ0v) is 16.3. The van der Waals surface area contributed by atoms with E-state index in [1.165, 1.54) is 6.21 Å². The number of nitrogen functional groups attached to an aromatic ring is 1. The fourth-order valence-electron chi connectivity index (χ4n) is 3.06. The third-order valence-electron chi connectivity index (χ3n) is 4.16. The number of ether oxygens (including phenoxy) is 1. The van der Waals surface area contributed by atoms with Gasteiger partial charge in [0.2, 0.25) is 0 Å². The summed E-state index contributed by atoms with van der Waals surface area (Å²) in [5.41, 5.74) is 6.98. The maximum absolute atomic E-state index is 12.5. The highest BCUT2D eigenvalue weighted by Crippen LogP contribution is 2.33. The fourth-order valence-corrected chi connectivity index (χ4v) is 3.28. The summed E-state index contributed by atoms with van der Waals surface area (Å²) in [5, 5.41) is 8.19. The van der Waals surface area contributed by atoms with Crippen molar-refractivity contribution in [3.05, 3.63) is 22.7 Å². The van der Waals surface area contributed by atoms with Gasteiger partial charge in [-0.1, -0.05) is 11.6 Å². The smallest absolute Gasteiger partial charge is 0.410 e. The van der Waals surface area contributed by atoms with Crippen LogP contribution in [0.4, 0.5) is 16.2 Å². The van der Waals surface area contributed by atoms with Crippen molar-refractivity contribution in [3.8, 4) is 0 Å². The fraction of sp³-hybridized carbons (Fsp3) is 0.556. The van der Waals surface area contributed by atoms with Gasteiger partial charge in [-0.05, 0) is 46.8 Å². The molecule has 0 aromatic heterocycles. The average molecular weight is 367 g/mol. The number of carbonyl (C=O) groups excluding carboxylic acids is 1. The summed E-state index contributed by atoms with van der Waals surface area (Å²) in [4.78, 5) is 16.4. The van der Waals surface area contributed by atoms with E-state index in [1.807, 2.05) is 40.7 Å². The molecule has 1 aliphatic heterocycles. The van der Waals surface area contributed by atoms with Crippen LogP contribution in [0.2, 0.25) is 5.02 Å². The highest BCUT2D eigenvalue weighted by molar-refractivity contribution is 6.31. The predicted molar refractivity (Wildman–Crippen MR) is 103 cm³/mol. The van der Waals surface area contributed by atoms with E-state index in [1.54, 1.807) is 11.0 Å². The zero-order chi connectivity index (χ0) is 19.0. The van der Waals surface area contributed by atoms with Gasteiger partial charge in [-0.2, -0.15) is 0 Å². The number of hydrogen-bond donors (Lipinski definition) is 2. The van der Waals surface area contributed by atoms with Crippen molar-refractivity contribution in [3.63, 3.8) is 0 Å². The molecular weight excluding hydrogens is 340 g/mol. The third kappa shape index (κ3) is 4.37. The molecular formula is C18H27ClN4O2. The van der Waals surface area contributed by atoms with Crippen LogP contribution in [-0.4, -0.2) is 48.0 Å². The van der Waals surface area contributed by atoms with E-state index >= 15 is 0 Å². The van der Waals surface area contributed by atoms with Crippen molar-refractivity contribution in [2.45, 2.75) is 45.8 Å². The number of rotatable bonds is 2. The van der Waals surface area contributed by atoms with Gasteiger partial charge in [-0.3, -0.25) is 4.90 Å². The minimum absolute atomic E-state index is 0.310. The summed E-state index contributed by atoms with van der Waals surface area (Å²) in [6, 6.07) is 3.46. The van der Waals surface area contributed by atoms with Gasteiger partial charge in [0.1, 0.15) is 5.60 Å². The summed E-state index contributed by atoms with van der Waals surface area (Å²) in [6.07, 6.45) is 0.934. The van der Waals surface area contributed by atoms with E-state index in [-0.39, 0.29) is 6.09 Å². The molecule has 0 aliphatic carbocycles. The Kier molecular flexibility index (Phi) is 5.23. The first-order valence-corrected chi connectivity index (χ1v) is 8.67. The molecule has 0 atom stereocenters. The maximum atomic E-state index is 12.5. The van der Waals surface area contributed by atoms with Crippen molar-refractivity contribution >= 4 is 35.3 Å². The van der Waals surface area contributed by atoms with Crippen LogP contribution >= 0.6 is 11.6 Å². The standard InChI is InChI=1S/C18H27ClN4O2/c1-17(2,3)25-16(24)23-7-6-22(11-18(23,4)5)15-9-12(19)8-14(21)13(15)10-20/h8-10,20H,6-7,11,21H2,1-5H3. The lowest BCUT2D eigenvalue weighted by Crippen LogP contribution is -2.62. The largest absolute Gasteiger partial charge is 0.444 e. The lowest BCUT2D eigenvalue weighted by molar-refractivity contribution is 0.000378. The second-order valence-corrected chi connectivity index (χ2v) is 8.37. The molecule has 2 rings (SSSR count). The predicted octanol–water partition coefficient (Wildman–Crippen LogP) is 3.76. The molecule has 1 aromatic rings. The number of nitrogens with two attached hydrogens (primary N) is 1. The highest BCUT2D eigenvalue weighted by Gasteiger charge is 2.39. The number of carbonyl (C=O) groups is 1. The van der Waals surface area contributed by atoms with Crippen LogP contribution in [0.5, 0.6) is 0 Å². The molecule has 25 heavy (non-hydrogen) atoms. The van der Waals surface area contributed by atoms with Gasteiger partial charge >= 0.3 is 6.09 Å². The van der Waals surface area contributed by atoms with Crippen LogP contribution in [-0.2, 0) is 4.74 Å². The Morgan fingerprint density at radius 2 is 2.00 bits per heavy atom. The quantitative estimate of drug-likeness (QED) is 0.616. The Labute approximate surface area is 154 Å². The molecule has 1 saturated heterocycles. The topological polar surface area (TPSA) is 82.7 Å². The SMILES string of the molecule is CC(C)(C)OC(=O)N1CCN(c2cc(Cl)cc(N)c2C=N)CC1(C)C. The van der Waals surface area contributed by atoms with Gasteiger partial charge in [-0.15, -0.1) is 0 Å². The van der Waals surface area contributed by atoms with Crippen LogP contribution in [0, 0.1) is 5.41 Å². The minimum atomic E-state index is -0.529. The molecule has 0 radical (unpaired) electrons. The molecule has 0 unspecified atom stereocenters. The highest BCUT2D eigenvalue weighted by atomic mass is 35.5. The second-order valence-electron chi connectivity index (χ2n) is 7.94. The number of halogens is 1. The Balaban J connectivity index is 2.26.